The number of ether oxygens (including phenoxy) is 1. The van der Waals surface area contributed by atoms with Crippen molar-refractivity contribution in [1.29, 1.82) is 0 Å². The minimum Gasteiger partial charge on any atom is -0.508 e. The number of carbonyl (C=O) groups is 1. The predicted octanol–water partition coefficient (Wildman–Crippen LogP) is 3.59. The fourth-order valence-electron chi connectivity index (χ4n) is 5.26. The van der Waals surface area contributed by atoms with Gasteiger partial charge < -0.3 is 15.2 Å². The standard InChI is InChI=1S/C18H23NO3/c20-16-3-1-12(2-4-16)11-22-17(21)19-18-8-13-5-14(9-18)7-15(6-13)10-18/h1-4,13-15,20H,5-11H2,(H,19,21). The van der Waals surface area contributed by atoms with Crippen molar-refractivity contribution in [1.82, 2.24) is 5.32 Å². The Morgan fingerprint density at radius 3 is 2.18 bits per heavy atom. The van der Waals surface area contributed by atoms with Gasteiger partial charge in [0.2, 0.25) is 0 Å². The first kappa shape index (κ1) is 13.9. The van der Waals surface area contributed by atoms with Crippen molar-refractivity contribution >= 4 is 6.09 Å². The second kappa shape index (κ2) is 5.18. The molecule has 4 heteroatoms. The Kier molecular flexibility index (Phi) is 3.28. The minimum atomic E-state index is -0.296. The van der Waals surface area contributed by atoms with Gasteiger partial charge in [-0.05, 0) is 74.0 Å². The number of nitrogens with one attached hydrogen (secondary N) is 1. The van der Waals surface area contributed by atoms with Gasteiger partial charge in [-0.2, -0.15) is 0 Å². The van der Waals surface area contributed by atoms with Crippen LogP contribution in [0.4, 0.5) is 4.79 Å². The molecule has 0 radical (unpaired) electrons. The SMILES string of the molecule is O=C(NC12CC3CC(CC(C3)C1)C2)OCc1ccc(O)cc1. The molecular weight excluding hydrogens is 278 g/mol. The minimum absolute atomic E-state index is 0.000783. The molecule has 0 spiro atoms. The van der Waals surface area contributed by atoms with E-state index in [4.69, 9.17) is 4.74 Å². The van der Waals surface area contributed by atoms with Crippen molar-refractivity contribution in [3.63, 3.8) is 0 Å². The maximum atomic E-state index is 12.2. The highest BCUT2D eigenvalue weighted by Gasteiger charge is 2.51. The first-order valence-corrected chi connectivity index (χ1v) is 8.33. The van der Waals surface area contributed by atoms with Crippen LogP contribution in [0.15, 0.2) is 24.3 Å². The number of alkyl carbamates (subject to hydrolysis) is 1. The lowest BCUT2D eigenvalue weighted by molar-refractivity contribution is -0.0195. The van der Waals surface area contributed by atoms with Gasteiger partial charge in [-0.15, -0.1) is 0 Å². The molecule has 22 heavy (non-hydrogen) atoms. The number of phenolic OH excluding ortho intramolecular Hbond substituents is 1. The maximum Gasteiger partial charge on any atom is 0.407 e. The lowest BCUT2D eigenvalue weighted by Crippen LogP contribution is -2.59. The third-order valence-corrected chi connectivity index (χ3v) is 5.71. The molecule has 0 unspecified atom stereocenters. The average Bonchev–Trinajstić information content (AvgIpc) is 2.44. The third kappa shape index (κ3) is 2.67. The van der Waals surface area contributed by atoms with E-state index >= 15 is 0 Å². The molecule has 0 atom stereocenters. The van der Waals surface area contributed by atoms with E-state index in [2.05, 4.69) is 5.32 Å². The van der Waals surface area contributed by atoms with E-state index in [-0.39, 0.29) is 24.0 Å². The Labute approximate surface area is 130 Å². The molecule has 118 valence electrons. The van der Waals surface area contributed by atoms with Crippen LogP contribution in [0.2, 0.25) is 0 Å². The van der Waals surface area contributed by atoms with Crippen molar-refractivity contribution in [2.75, 3.05) is 0 Å². The van der Waals surface area contributed by atoms with Gasteiger partial charge >= 0.3 is 6.09 Å². The van der Waals surface area contributed by atoms with Gasteiger partial charge in [-0.1, -0.05) is 12.1 Å². The van der Waals surface area contributed by atoms with Crippen molar-refractivity contribution in [2.45, 2.75) is 50.7 Å². The molecule has 1 aromatic rings. The van der Waals surface area contributed by atoms with Crippen LogP contribution in [-0.4, -0.2) is 16.7 Å². The molecule has 4 bridgehead atoms. The lowest BCUT2D eigenvalue weighted by Gasteiger charge is -2.56. The van der Waals surface area contributed by atoms with Crippen molar-refractivity contribution in [2.24, 2.45) is 17.8 Å². The number of hydrogen-bond acceptors (Lipinski definition) is 3. The summed E-state index contributed by atoms with van der Waals surface area (Å²) in [6.07, 6.45) is 7.19. The predicted molar refractivity (Wildman–Crippen MR) is 82.3 cm³/mol. The third-order valence-electron chi connectivity index (χ3n) is 5.71. The Bertz CT molecular complexity index is 531. The topological polar surface area (TPSA) is 58.6 Å². The van der Waals surface area contributed by atoms with E-state index in [1.165, 1.54) is 19.3 Å². The molecule has 4 saturated carbocycles. The Balaban J connectivity index is 1.35. The van der Waals surface area contributed by atoms with Crippen molar-refractivity contribution in [3.8, 4) is 5.75 Å². The number of aromatic hydroxyl groups is 1. The average molecular weight is 301 g/mol. The molecule has 0 aliphatic heterocycles. The van der Waals surface area contributed by atoms with Crippen LogP contribution in [0.3, 0.4) is 0 Å². The Morgan fingerprint density at radius 1 is 1.09 bits per heavy atom. The fourth-order valence-corrected chi connectivity index (χ4v) is 5.26. The van der Waals surface area contributed by atoms with Crippen molar-refractivity contribution in [3.05, 3.63) is 29.8 Å². The molecule has 0 saturated heterocycles. The van der Waals surface area contributed by atoms with E-state index in [1.54, 1.807) is 24.3 Å². The quantitative estimate of drug-likeness (QED) is 0.897. The summed E-state index contributed by atoms with van der Waals surface area (Å²) in [4.78, 5) is 12.2. The molecule has 4 fully saturated rings. The summed E-state index contributed by atoms with van der Waals surface area (Å²) in [5, 5.41) is 12.5. The maximum absolute atomic E-state index is 12.2. The molecule has 1 aromatic carbocycles. The van der Waals surface area contributed by atoms with Crippen LogP contribution >= 0.6 is 0 Å². The molecule has 5 rings (SSSR count). The van der Waals surface area contributed by atoms with Crippen LogP contribution in [0.5, 0.6) is 5.75 Å². The van der Waals surface area contributed by atoms with Gasteiger partial charge in [0, 0.05) is 5.54 Å². The van der Waals surface area contributed by atoms with E-state index in [0.29, 0.717) is 0 Å². The summed E-state index contributed by atoms with van der Waals surface area (Å²) in [6.45, 7) is 0.248. The Morgan fingerprint density at radius 2 is 1.64 bits per heavy atom. The second-order valence-electron chi connectivity index (χ2n) is 7.57. The van der Waals surface area contributed by atoms with Gasteiger partial charge in [-0.25, -0.2) is 4.79 Å². The Hall–Kier alpha value is -1.71. The summed E-state index contributed by atoms with van der Waals surface area (Å²) in [6, 6.07) is 6.76. The number of benzene rings is 1. The molecule has 1 amide bonds. The number of carbonyl (C=O) groups excluding carboxylic acids is 1. The highest BCUT2D eigenvalue weighted by molar-refractivity contribution is 5.68. The highest BCUT2D eigenvalue weighted by atomic mass is 16.5. The van der Waals surface area contributed by atoms with E-state index in [1.807, 2.05) is 0 Å². The fraction of sp³-hybridized carbons (Fsp3) is 0.611. The number of amides is 1. The lowest BCUT2D eigenvalue weighted by atomic mass is 9.53. The van der Waals surface area contributed by atoms with Gasteiger partial charge in [0.05, 0.1) is 0 Å². The van der Waals surface area contributed by atoms with Crippen LogP contribution in [0, 0.1) is 17.8 Å². The van der Waals surface area contributed by atoms with Gasteiger partial charge in [0.1, 0.15) is 12.4 Å². The summed E-state index contributed by atoms with van der Waals surface area (Å²) < 4.78 is 5.38. The first-order valence-electron chi connectivity index (χ1n) is 8.33. The summed E-state index contributed by atoms with van der Waals surface area (Å²) in [7, 11) is 0. The zero-order valence-electron chi connectivity index (χ0n) is 12.8. The normalized spacial score (nSPS) is 35.4. The summed E-state index contributed by atoms with van der Waals surface area (Å²) in [5.74, 6) is 2.65. The van der Waals surface area contributed by atoms with E-state index in [0.717, 1.165) is 42.6 Å². The molecule has 0 heterocycles. The van der Waals surface area contributed by atoms with Crippen LogP contribution in [-0.2, 0) is 11.3 Å². The van der Waals surface area contributed by atoms with Crippen LogP contribution < -0.4 is 5.32 Å². The zero-order valence-corrected chi connectivity index (χ0v) is 12.8. The number of hydrogen-bond donors (Lipinski definition) is 2. The largest absolute Gasteiger partial charge is 0.508 e. The van der Waals surface area contributed by atoms with Gasteiger partial charge in [-0.3, -0.25) is 0 Å². The van der Waals surface area contributed by atoms with E-state index < -0.39 is 0 Å². The molecule has 2 N–H and O–H groups in total. The first-order chi connectivity index (χ1) is 10.6. The van der Waals surface area contributed by atoms with Crippen LogP contribution in [0.25, 0.3) is 0 Å². The van der Waals surface area contributed by atoms with Crippen molar-refractivity contribution < 1.29 is 14.6 Å². The van der Waals surface area contributed by atoms with Crippen LogP contribution in [0.1, 0.15) is 44.1 Å². The number of rotatable bonds is 3. The molecule has 4 nitrogen and oxygen atoms in total. The van der Waals surface area contributed by atoms with Gasteiger partial charge in [0.25, 0.3) is 0 Å². The van der Waals surface area contributed by atoms with Gasteiger partial charge in [0.15, 0.2) is 0 Å². The summed E-state index contributed by atoms with van der Waals surface area (Å²) >= 11 is 0. The molecule has 0 aromatic heterocycles. The summed E-state index contributed by atoms with van der Waals surface area (Å²) in [5.41, 5.74) is 0.888. The monoisotopic (exact) mass is 301 g/mol. The molecule has 4 aliphatic rings. The second-order valence-corrected chi connectivity index (χ2v) is 7.57. The molecular formula is C18H23NO3. The zero-order chi connectivity index (χ0) is 15.2. The number of phenols is 1. The molecule has 4 aliphatic carbocycles. The van der Waals surface area contributed by atoms with E-state index in [9.17, 15) is 9.90 Å². The smallest absolute Gasteiger partial charge is 0.407 e. The highest BCUT2D eigenvalue weighted by Crippen LogP contribution is 2.55.